The van der Waals surface area contributed by atoms with Gasteiger partial charge < -0.3 is 14.8 Å². The van der Waals surface area contributed by atoms with Gasteiger partial charge in [-0.15, -0.1) is 0 Å². The number of halogens is 2. The van der Waals surface area contributed by atoms with Gasteiger partial charge in [0.05, 0.1) is 5.02 Å². The molecule has 1 N–H and O–H groups in total. The molecule has 2 atom stereocenters. The van der Waals surface area contributed by atoms with E-state index in [2.05, 4.69) is 12.2 Å². The molecule has 24 heavy (non-hydrogen) atoms. The van der Waals surface area contributed by atoms with Crippen molar-refractivity contribution in [3.63, 3.8) is 0 Å². The summed E-state index contributed by atoms with van der Waals surface area (Å²) in [6, 6.07) is 4.85. The summed E-state index contributed by atoms with van der Waals surface area (Å²) < 4.78 is 10.2. The van der Waals surface area contributed by atoms with Crippen molar-refractivity contribution < 1.29 is 19.1 Å². The molecule has 1 fully saturated rings. The lowest BCUT2D eigenvalue weighted by molar-refractivity contribution is -0.150. The van der Waals surface area contributed by atoms with Crippen LogP contribution in [0.5, 0.6) is 5.75 Å². The number of hydrogen-bond acceptors (Lipinski definition) is 4. The first kappa shape index (κ1) is 18.9. The Morgan fingerprint density at radius 1 is 1.21 bits per heavy atom. The molecule has 5 nitrogen and oxygen atoms in total. The van der Waals surface area contributed by atoms with Crippen molar-refractivity contribution in [1.29, 1.82) is 0 Å². The molecule has 2 unspecified atom stereocenters. The van der Waals surface area contributed by atoms with Crippen LogP contribution in [-0.2, 0) is 14.3 Å². The number of carbonyl (C=O) groups excluding carboxylic acids is 2. The summed E-state index contributed by atoms with van der Waals surface area (Å²) in [4.78, 5) is 23.5. The average molecular weight is 374 g/mol. The monoisotopic (exact) mass is 373 g/mol. The van der Waals surface area contributed by atoms with Gasteiger partial charge in [0.25, 0.3) is 5.91 Å². The third kappa shape index (κ3) is 5.87. The molecule has 0 bridgehead atoms. The maximum Gasteiger partial charge on any atom is 0.344 e. The largest absolute Gasteiger partial charge is 0.480 e. The zero-order valence-electron chi connectivity index (χ0n) is 13.5. The van der Waals surface area contributed by atoms with E-state index < -0.39 is 5.97 Å². The smallest absolute Gasteiger partial charge is 0.344 e. The highest BCUT2D eigenvalue weighted by Gasteiger charge is 2.23. The Labute approximate surface area is 151 Å². The van der Waals surface area contributed by atoms with E-state index in [9.17, 15) is 9.59 Å². The van der Waals surface area contributed by atoms with E-state index in [1.165, 1.54) is 12.5 Å². The van der Waals surface area contributed by atoms with Gasteiger partial charge in [0.2, 0.25) is 0 Å². The maximum atomic E-state index is 11.9. The van der Waals surface area contributed by atoms with E-state index in [-0.39, 0.29) is 25.2 Å². The predicted molar refractivity (Wildman–Crippen MR) is 92.5 cm³/mol. The van der Waals surface area contributed by atoms with E-state index in [1.54, 1.807) is 12.1 Å². The van der Waals surface area contributed by atoms with Crippen LogP contribution in [-0.4, -0.2) is 31.1 Å². The first-order valence-corrected chi connectivity index (χ1v) is 8.74. The van der Waals surface area contributed by atoms with E-state index >= 15 is 0 Å². The van der Waals surface area contributed by atoms with Crippen molar-refractivity contribution in [3.8, 4) is 5.75 Å². The molecule has 132 valence electrons. The summed E-state index contributed by atoms with van der Waals surface area (Å²) in [6.07, 6.45) is 4.40. The van der Waals surface area contributed by atoms with Crippen molar-refractivity contribution in [2.24, 2.45) is 5.92 Å². The van der Waals surface area contributed by atoms with Gasteiger partial charge in [-0.1, -0.05) is 43.0 Å². The van der Waals surface area contributed by atoms with Crippen LogP contribution in [0, 0.1) is 5.92 Å². The van der Waals surface area contributed by atoms with Gasteiger partial charge in [0, 0.05) is 11.1 Å². The predicted octanol–water partition coefficient (Wildman–Crippen LogP) is 3.61. The minimum absolute atomic E-state index is 0.161. The molecule has 7 heteroatoms. The minimum Gasteiger partial charge on any atom is -0.480 e. The van der Waals surface area contributed by atoms with Gasteiger partial charge in [-0.05, 0) is 37.0 Å². The van der Waals surface area contributed by atoms with Crippen molar-refractivity contribution >= 4 is 35.1 Å². The summed E-state index contributed by atoms with van der Waals surface area (Å²) >= 11 is 11.7. The van der Waals surface area contributed by atoms with E-state index in [1.807, 2.05) is 0 Å². The van der Waals surface area contributed by atoms with Crippen molar-refractivity contribution in [3.05, 3.63) is 28.2 Å². The molecule has 0 aliphatic heterocycles. The number of amides is 1. The summed E-state index contributed by atoms with van der Waals surface area (Å²) in [5.41, 5.74) is 0. The molecular formula is C17H21Cl2NO4. The third-order valence-electron chi connectivity index (χ3n) is 4.06. The quantitative estimate of drug-likeness (QED) is 0.773. The molecule has 1 aliphatic carbocycles. The van der Waals surface area contributed by atoms with Crippen LogP contribution >= 0.6 is 23.2 Å². The molecule has 1 saturated carbocycles. The van der Waals surface area contributed by atoms with Crippen LogP contribution < -0.4 is 10.1 Å². The summed E-state index contributed by atoms with van der Waals surface area (Å²) in [5, 5.41) is 3.70. The van der Waals surface area contributed by atoms with Gasteiger partial charge in [-0.25, -0.2) is 4.79 Å². The molecule has 1 aromatic rings. The Morgan fingerprint density at radius 3 is 2.67 bits per heavy atom. The molecule has 1 aromatic carbocycles. The van der Waals surface area contributed by atoms with Gasteiger partial charge in [0.15, 0.2) is 13.2 Å². The molecule has 0 aromatic heterocycles. The Kier molecular flexibility index (Phi) is 7.18. The lowest BCUT2D eigenvalue weighted by Crippen LogP contribution is -2.43. The van der Waals surface area contributed by atoms with Gasteiger partial charge in [-0.3, -0.25) is 4.79 Å². The molecule has 2 rings (SSSR count). The van der Waals surface area contributed by atoms with Crippen molar-refractivity contribution in [2.45, 2.75) is 38.6 Å². The Morgan fingerprint density at radius 2 is 1.96 bits per heavy atom. The number of hydrogen-bond donors (Lipinski definition) is 1. The number of esters is 1. The fourth-order valence-corrected chi connectivity index (χ4v) is 3.16. The van der Waals surface area contributed by atoms with E-state index in [4.69, 9.17) is 32.7 Å². The first-order chi connectivity index (χ1) is 11.5. The highest BCUT2D eigenvalue weighted by molar-refractivity contribution is 6.35. The number of benzene rings is 1. The molecule has 0 saturated heterocycles. The van der Waals surface area contributed by atoms with Crippen LogP contribution in [0.1, 0.15) is 32.6 Å². The van der Waals surface area contributed by atoms with Gasteiger partial charge >= 0.3 is 5.97 Å². The Balaban J connectivity index is 1.69. The standard InChI is InChI=1S/C17H21Cl2NO4/c1-11-4-2-3-5-14(11)20-16(21)9-24-17(22)10-23-15-7-6-12(18)8-13(15)19/h6-8,11,14H,2-5,9-10H2,1H3,(H,20,21). The summed E-state index contributed by atoms with van der Waals surface area (Å²) in [5.74, 6) is -0.133. The minimum atomic E-state index is -0.632. The second-order valence-corrected chi connectivity index (χ2v) is 6.80. The molecular weight excluding hydrogens is 353 g/mol. The average Bonchev–Trinajstić information content (AvgIpc) is 2.54. The number of ether oxygens (including phenoxy) is 2. The molecule has 0 spiro atoms. The Bertz CT molecular complexity index is 594. The lowest BCUT2D eigenvalue weighted by atomic mass is 9.86. The number of nitrogens with one attached hydrogen (secondary N) is 1. The molecule has 1 amide bonds. The number of carbonyl (C=O) groups is 2. The van der Waals surface area contributed by atoms with Crippen LogP contribution in [0.15, 0.2) is 18.2 Å². The SMILES string of the molecule is CC1CCCCC1NC(=O)COC(=O)COc1ccc(Cl)cc1Cl. The van der Waals surface area contributed by atoms with E-state index in [0.29, 0.717) is 21.7 Å². The second-order valence-electron chi connectivity index (χ2n) is 5.96. The third-order valence-corrected chi connectivity index (χ3v) is 4.59. The number of rotatable bonds is 6. The van der Waals surface area contributed by atoms with Gasteiger partial charge in [0.1, 0.15) is 5.75 Å². The normalized spacial score (nSPS) is 20.3. The molecule has 1 aliphatic rings. The van der Waals surface area contributed by atoms with Crippen LogP contribution in [0.2, 0.25) is 10.0 Å². The lowest BCUT2D eigenvalue weighted by Gasteiger charge is -2.29. The first-order valence-electron chi connectivity index (χ1n) is 7.98. The maximum absolute atomic E-state index is 11.9. The van der Waals surface area contributed by atoms with Crippen LogP contribution in [0.25, 0.3) is 0 Å². The van der Waals surface area contributed by atoms with E-state index in [0.717, 1.165) is 19.3 Å². The Hall–Kier alpha value is -1.46. The second kappa shape index (κ2) is 9.14. The highest BCUT2D eigenvalue weighted by Crippen LogP contribution is 2.27. The fourth-order valence-electron chi connectivity index (χ4n) is 2.70. The van der Waals surface area contributed by atoms with Crippen LogP contribution in [0.3, 0.4) is 0 Å². The summed E-state index contributed by atoms with van der Waals surface area (Å²) in [7, 11) is 0. The van der Waals surface area contributed by atoms with Crippen molar-refractivity contribution in [1.82, 2.24) is 5.32 Å². The zero-order chi connectivity index (χ0) is 17.5. The highest BCUT2D eigenvalue weighted by atomic mass is 35.5. The fraction of sp³-hybridized carbons (Fsp3) is 0.529. The zero-order valence-corrected chi connectivity index (χ0v) is 15.0. The topological polar surface area (TPSA) is 64.6 Å². The molecule has 0 radical (unpaired) electrons. The molecule has 0 heterocycles. The van der Waals surface area contributed by atoms with Crippen LogP contribution in [0.4, 0.5) is 0 Å². The van der Waals surface area contributed by atoms with Gasteiger partial charge in [-0.2, -0.15) is 0 Å². The van der Waals surface area contributed by atoms with Crippen molar-refractivity contribution in [2.75, 3.05) is 13.2 Å². The summed E-state index contributed by atoms with van der Waals surface area (Å²) in [6.45, 7) is 1.49.